The molecule has 92 valence electrons. The quantitative estimate of drug-likeness (QED) is 0.679. The van der Waals surface area contributed by atoms with Gasteiger partial charge in [-0.3, -0.25) is 15.2 Å². The SMILES string of the molecule is CCC(C)NC(=O)NNC(=O)c1cccnc1. The van der Waals surface area contributed by atoms with E-state index in [0.717, 1.165) is 6.42 Å². The minimum atomic E-state index is -0.434. The minimum Gasteiger partial charge on any atom is -0.334 e. The van der Waals surface area contributed by atoms with Crippen molar-refractivity contribution in [2.24, 2.45) is 0 Å². The van der Waals surface area contributed by atoms with Crippen LogP contribution in [0.25, 0.3) is 0 Å². The Hall–Kier alpha value is -2.11. The maximum atomic E-state index is 11.5. The lowest BCUT2D eigenvalue weighted by Crippen LogP contribution is -2.49. The second kappa shape index (κ2) is 6.47. The van der Waals surface area contributed by atoms with Crippen LogP contribution in [0.5, 0.6) is 0 Å². The second-order valence-electron chi connectivity index (χ2n) is 3.60. The number of amides is 3. The Morgan fingerprint density at radius 3 is 2.76 bits per heavy atom. The predicted molar refractivity (Wildman–Crippen MR) is 63.1 cm³/mol. The van der Waals surface area contributed by atoms with E-state index in [1.807, 2.05) is 13.8 Å². The van der Waals surface area contributed by atoms with Gasteiger partial charge in [0.1, 0.15) is 0 Å². The molecular weight excluding hydrogens is 220 g/mol. The number of aromatic nitrogens is 1. The molecule has 17 heavy (non-hydrogen) atoms. The maximum absolute atomic E-state index is 11.5. The zero-order chi connectivity index (χ0) is 12.7. The van der Waals surface area contributed by atoms with Gasteiger partial charge in [-0.2, -0.15) is 0 Å². The Bertz CT molecular complexity index is 380. The van der Waals surface area contributed by atoms with Gasteiger partial charge in [0.2, 0.25) is 0 Å². The molecule has 0 saturated heterocycles. The normalized spacial score (nSPS) is 11.4. The Morgan fingerprint density at radius 2 is 2.18 bits per heavy atom. The summed E-state index contributed by atoms with van der Waals surface area (Å²) in [7, 11) is 0. The summed E-state index contributed by atoms with van der Waals surface area (Å²) in [6.07, 6.45) is 3.81. The fourth-order valence-electron chi connectivity index (χ4n) is 1.04. The molecular formula is C11H16N4O2. The van der Waals surface area contributed by atoms with Crippen LogP contribution in [0.15, 0.2) is 24.5 Å². The Balaban J connectivity index is 2.36. The lowest BCUT2D eigenvalue weighted by Gasteiger charge is -2.12. The number of hydrogen-bond acceptors (Lipinski definition) is 3. The van der Waals surface area contributed by atoms with Gasteiger partial charge < -0.3 is 5.32 Å². The van der Waals surface area contributed by atoms with Crippen LogP contribution in [0.1, 0.15) is 30.6 Å². The highest BCUT2D eigenvalue weighted by Crippen LogP contribution is 1.93. The third kappa shape index (κ3) is 4.50. The van der Waals surface area contributed by atoms with Gasteiger partial charge in [-0.1, -0.05) is 6.92 Å². The highest BCUT2D eigenvalue weighted by molar-refractivity contribution is 5.94. The number of nitrogens with zero attached hydrogens (tertiary/aromatic N) is 1. The number of carbonyl (C=O) groups is 2. The first-order chi connectivity index (χ1) is 8.13. The molecule has 6 nitrogen and oxygen atoms in total. The summed E-state index contributed by atoms with van der Waals surface area (Å²) >= 11 is 0. The van der Waals surface area contributed by atoms with E-state index in [2.05, 4.69) is 21.2 Å². The van der Waals surface area contributed by atoms with Gasteiger partial charge in [-0.05, 0) is 25.5 Å². The number of urea groups is 1. The van der Waals surface area contributed by atoms with E-state index in [1.54, 1.807) is 18.3 Å². The van der Waals surface area contributed by atoms with Crippen LogP contribution in [-0.2, 0) is 0 Å². The first kappa shape index (κ1) is 13.0. The molecule has 3 N–H and O–H groups in total. The zero-order valence-corrected chi connectivity index (χ0v) is 9.86. The first-order valence-corrected chi connectivity index (χ1v) is 5.40. The summed E-state index contributed by atoms with van der Waals surface area (Å²) in [5.74, 6) is -0.405. The highest BCUT2D eigenvalue weighted by atomic mass is 16.2. The van der Waals surface area contributed by atoms with Gasteiger partial charge in [-0.15, -0.1) is 0 Å². The summed E-state index contributed by atoms with van der Waals surface area (Å²) in [5.41, 5.74) is 4.94. The molecule has 6 heteroatoms. The van der Waals surface area contributed by atoms with Gasteiger partial charge in [-0.25, -0.2) is 10.2 Å². The van der Waals surface area contributed by atoms with Crippen molar-refractivity contribution in [2.45, 2.75) is 26.3 Å². The fraction of sp³-hybridized carbons (Fsp3) is 0.364. The lowest BCUT2D eigenvalue weighted by atomic mass is 10.3. The van der Waals surface area contributed by atoms with Crippen LogP contribution in [0.4, 0.5) is 4.79 Å². The lowest BCUT2D eigenvalue weighted by molar-refractivity contribution is 0.0935. The molecule has 1 aromatic heterocycles. The fourth-order valence-corrected chi connectivity index (χ4v) is 1.04. The molecule has 1 aromatic rings. The first-order valence-electron chi connectivity index (χ1n) is 5.40. The van der Waals surface area contributed by atoms with Crippen LogP contribution >= 0.6 is 0 Å². The summed E-state index contributed by atoms with van der Waals surface area (Å²) in [6, 6.07) is 2.88. The topological polar surface area (TPSA) is 83.1 Å². The smallest absolute Gasteiger partial charge is 0.333 e. The molecule has 0 bridgehead atoms. The van der Waals surface area contributed by atoms with Crippen molar-refractivity contribution < 1.29 is 9.59 Å². The van der Waals surface area contributed by atoms with E-state index >= 15 is 0 Å². The molecule has 0 saturated carbocycles. The molecule has 0 radical (unpaired) electrons. The van der Waals surface area contributed by atoms with Gasteiger partial charge >= 0.3 is 6.03 Å². The Labute approximate surface area is 99.8 Å². The predicted octanol–water partition coefficient (Wildman–Crippen LogP) is 0.824. The van der Waals surface area contributed by atoms with Crippen molar-refractivity contribution in [3.05, 3.63) is 30.1 Å². The highest BCUT2D eigenvalue weighted by Gasteiger charge is 2.08. The summed E-state index contributed by atoms with van der Waals surface area (Å²) in [4.78, 5) is 26.6. The van der Waals surface area contributed by atoms with Crippen molar-refractivity contribution in [1.29, 1.82) is 0 Å². The number of nitrogens with one attached hydrogen (secondary N) is 3. The van der Waals surface area contributed by atoms with Crippen LogP contribution in [0.3, 0.4) is 0 Å². The number of pyridine rings is 1. The van der Waals surface area contributed by atoms with E-state index in [9.17, 15) is 9.59 Å². The van der Waals surface area contributed by atoms with E-state index in [0.29, 0.717) is 5.56 Å². The molecule has 1 rings (SSSR count). The average Bonchev–Trinajstić information content (AvgIpc) is 2.36. The van der Waals surface area contributed by atoms with Crippen molar-refractivity contribution >= 4 is 11.9 Å². The Kier molecular flexibility index (Phi) is 4.93. The second-order valence-corrected chi connectivity index (χ2v) is 3.60. The molecule has 0 aromatic carbocycles. The molecule has 0 fully saturated rings. The number of carbonyl (C=O) groups excluding carboxylic acids is 2. The monoisotopic (exact) mass is 236 g/mol. The summed E-state index contributed by atoms with van der Waals surface area (Å²) in [5, 5.41) is 2.66. The van der Waals surface area contributed by atoms with Crippen LogP contribution in [0.2, 0.25) is 0 Å². The molecule has 0 aliphatic carbocycles. The largest absolute Gasteiger partial charge is 0.334 e. The molecule has 0 aliphatic rings. The number of hydrogen-bond donors (Lipinski definition) is 3. The van der Waals surface area contributed by atoms with Gasteiger partial charge in [0, 0.05) is 18.4 Å². The van der Waals surface area contributed by atoms with Crippen LogP contribution in [0, 0.1) is 0 Å². The van der Waals surface area contributed by atoms with Gasteiger partial charge in [0.15, 0.2) is 0 Å². The third-order valence-corrected chi connectivity index (χ3v) is 2.20. The Morgan fingerprint density at radius 1 is 1.41 bits per heavy atom. The maximum Gasteiger partial charge on any atom is 0.333 e. The van der Waals surface area contributed by atoms with Crippen molar-refractivity contribution in [2.75, 3.05) is 0 Å². The summed E-state index contributed by atoms with van der Waals surface area (Å²) in [6.45, 7) is 3.84. The minimum absolute atomic E-state index is 0.0605. The molecule has 0 spiro atoms. The standard InChI is InChI=1S/C11H16N4O2/c1-3-8(2)13-11(17)15-14-10(16)9-5-4-6-12-7-9/h4-8H,3H2,1-2H3,(H,14,16)(H2,13,15,17). The molecule has 3 amide bonds. The van der Waals surface area contributed by atoms with Crippen molar-refractivity contribution in [3.63, 3.8) is 0 Å². The number of rotatable bonds is 3. The molecule has 1 atom stereocenters. The third-order valence-electron chi connectivity index (χ3n) is 2.20. The van der Waals surface area contributed by atoms with Crippen LogP contribution < -0.4 is 16.2 Å². The van der Waals surface area contributed by atoms with Gasteiger partial charge in [0.05, 0.1) is 5.56 Å². The van der Waals surface area contributed by atoms with E-state index < -0.39 is 11.9 Å². The molecule has 1 unspecified atom stereocenters. The van der Waals surface area contributed by atoms with Crippen molar-refractivity contribution in [3.8, 4) is 0 Å². The zero-order valence-electron chi connectivity index (χ0n) is 9.86. The molecule has 1 heterocycles. The summed E-state index contributed by atoms with van der Waals surface area (Å²) < 4.78 is 0. The molecule has 0 aliphatic heterocycles. The van der Waals surface area contributed by atoms with E-state index in [4.69, 9.17) is 0 Å². The average molecular weight is 236 g/mol. The van der Waals surface area contributed by atoms with E-state index in [-0.39, 0.29) is 6.04 Å². The van der Waals surface area contributed by atoms with Crippen LogP contribution in [-0.4, -0.2) is 23.0 Å². The van der Waals surface area contributed by atoms with Gasteiger partial charge in [0.25, 0.3) is 5.91 Å². The van der Waals surface area contributed by atoms with E-state index in [1.165, 1.54) is 6.20 Å². The number of hydrazine groups is 1. The van der Waals surface area contributed by atoms with Crippen molar-refractivity contribution in [1.82, 2.24) is 21.2 Å².